The predicted molar refractivity (Wildman–Crippen MR) is 83.3 cm³/mol. The van der Waals surface area contributed by atoms with Gasteiger partial charge in [0.1, 0.15) is 0 Å². The van der Waals surface area contributed by atoms with Gasteiger partial charge in [-0.1, -0.05) is 26.7 Å². The number of aromatic nitrogens is 2. The molecular formula is C16H30N4. The number of hydrogen-bond donors (Lipinski definition) is 1. The Bertz CT molecular complexity index is 426. The van der Waals surface area contributed by atoms with Crippen LogP contribution < -0.4 is 5.73 Å². The Morgan fingerprint density at radius 2 is 2.30 bits per heavy atom. The highest BCUT2D eigenvalue weighted by atomic mass is 15.2. The van der Waals surface area contributed by atoms with E-state index >= 15 is 0 Å². The normalized spacial score (nSPS) is 27.4. The fourth-order valence-electron chi connectivity index (χ4n) is 3.64. The van der Waals surface area contributed by atoms with Gasteiger partial charge in [0.15, 0.2) is 0 Å². The third kappa shape index (κ3) is 3.23. The van der Waals surface area contributed by atoms with Gasteiger partial charge in [-0.3, -0.25) is 9.58 Å². The number of rotatable bonds is 5. The van der Waals surface area contributed by atoms with Crippen molar-refractivity contribution in [1.29, 1.82) is 0 Å². The van der Waals surface area contributed by atoms with Crippen molar-refractivity contribution in [3.05, 3.63) is 18.0 Å². The van der Waals surface area contributed by atoms with Gasteiger partial charge in [0.2, 0.25) is 0 Å². The highest BCUT2D eigenvalue weighted by Gasteiger charge is 2.39. The molecule has 4 nitrogen and oxygen atoms in total. The van der Waals surface area contributed by atoms with E-state index in [1.807, 2.05) is 17.9 Å². The zero-order valence-electron chi connectivity index (χ0n) is 13.5. The molecule has 0 amide bonds. The Balaban J connectivity index is 2.08. The highest BCUT2D eigenvalue weighted by Crippen LogP contribution is 2.39. The van der Waals surface area contributed by atoms with E-state index in [4.69, 9.17) is 5.73 Å². The van der Waals surface area contributed by atoms with Crippen LogP contribution in [0, 0.1) is 11.8 Å². The average molecular weight is 278 g/mol. The highest BCUT2D eigenvalue weighted by molar-refractivity contribution is 5.06. The Morgan fingerprint density at radius 3 is 2.85 bits per heavy atom. The molecule has 4 heteroatoms. The molecule has 1 aliphatic carbocycles. The first-order chi connectivity index (χ1) is 9.47. The molecule has 1 saturated carbocycles. The standard InChI is InChI=1S/C16H30N4/c1-13(2)15-6-5-7-16(8-15,12-17)19(3)10-14-9-18-20(4)11-14/h9,11,13,15H,5-8,10,12,17H2,1-4H3. The number of nitrogens with two attached hydrogens (primary N) is 1. The fraction of sp³-hybridized carbons (Fsp3) is 0.812. The predicted octanol–water partition coefficient (Wildman–Crippen LogP) is 2.40. The Labute approximate surface area is 123 Å². The summed E-state index contributed by atoms with van der Waals surface area (Å²) >= 11 is 0. The first-order valence-corrected chi connectivity index (χ1v) is 7.86. The van der Waals surface area contributed by atoms with Gasteiger partial charge in [-0.2, -0.15) is 5.10 Å². The lowest BCUT2D eigenvalue weighted by atomic mass is 9.71. The number of hydrogen-bond acceptors (Lipinski definition) is 3. The Hall–Kier alpha value is -0.870. The molecule has 20 heavy (non-hydrogen) atoms. The summed E-state index contributed by atoms with van der Waals surface area (Å²) in [5, 5.41) is 4.27. The van der Waals surface area contributed by atoms with Gasteiger partial charge in [0.25, 0.3) is 0 Å². The number of aryl methyl sites for hydroxylation is 1. The Kier molecular flexibility index (Phi) is 4.86. The molecule has 0 aromatic carbocycles. The van der Waals surface area contributed by atoms with Crippen molar-refractivity contribution in [3.63, 3.8) is 0 Å². The second kappa shape index (κ2) is 6.27. The molecule has 0 bridgehead atoms. The number of likely N-dealkylation sites (N-methyl/N-ethyl adjacent to an activating group) is 1. The molecule has 2 atom stereocenters. The van der Waals surface area contributed by atoms with Crippen LogP contribution >= 0.6 is 0 Å². The van der Waals surface area contributed by atoms with Gasteiger partial charge >= 0.3 is 0 Å². The maximum absolute atomic E-state index is 6.20. The van der Waals surface area contributed by atoms with Crippen LogP contribution in [0.1, 0.15) is 45.1 Å². The lowest BCUT2D eigenvalue weighted by Crippen LogP contribution is -2.54. The summed E-state index contributed by atoms with van der Waals surface area (Å²) in [4.78, 5) is 2.47. The monoisotopic (exact) mass is 278 g/mol. The van der Waals surface area contributed by atoms with E-state index in [0.29, 0.717) is 0 Å². The van der Waals surface area contributed by atoms with Gasteiger partial charge in [0, 0.05) is 37.4 Å². The molecule has 1 aromatic heterocycles. The second-order valence-corrected chi connectivity index (χ2v) is 6.91. The third-order valence-corrected chi connectivity index (χ3v) is 5.17. The SMILES string of the molecule is CC(C)C1CCCC(CN)(N(C)Cc2cnn(C)c2)C1. The van der Waals surface area contributed by atoms with E-state index in [9.17, 15) is 0 Å². The minimum absolute atomic E-state index is 0.170. The molecule has 2 unspecified atom stereocenters. The lowest BCUT2D eigenvalue weighted by Gasteiger charge is -2.47. The summed E-state index contributed by atoms with van der Waals surface area (Å²) in [7, 11) is 4.19. The van der Waals surface area contributed by atoms with E-state index in [2.05, 4.69) is 37.1 Å². The van der Waals surface area contributed by atoms with Gasteiger partial charge in [-0.15, -0.1) is 0 Å². The molecule has 0 saturated heterocycles. The van der Waals surface area contributed by atoms with E-state index in [0.717, 1.165) is 24.9 Å². The lowest BCUT2D eigenvalue weighted by molar-refractivity contribution is 0.0396. The molecule has 1 aliphatic rings. The first kappa shape index (κ1) is 15.5. The van der Waals surface area contributed by atoms with Crippen molar-refractivity contribution in [3.8, 4) is 0 Å². The van der Waals surface area contributed by atoms with E-state index in [-0.39, 0.29) is 5.54 Å². The third-order valence-electron chi connectivity index (χ3n) is 5.17. The summed E-state index contributed by atoms with van der Waals surface area (Å²) in [5.74, 6) is 1.57. The first-order valence-electron chi connectivity index (χ1n) is 7.86. The topological polar surface area (TPSA) is 47.1 Å². The molecule has 2 rings (SSSR count). The summed E-state index contributed by atoms with van der Waals surface area (Å²) in [6.45, 7) is 6.39. The maximum atomic E-state index is 6.20. The maximum Gasteiger partial charge on any atom is 0.0534 e. The molecular weight excluding hydrogens is 248 g/mol. The molecule has 0 spiro atoms. The van der Waals surface area contributed by atoms with Crippen LogP contribution in [0.15, 0.2) is 12.4 Å². The summed E-state index contributed by atoms with van der Waals surface area (Å²) < 4.78 is 1.87. The van der Waals surface area contributed by atoms with Gasteiger partial charge in [-0.05, 0) is 31.7 Å². The van der Waals surface area contributed by atoms with Gasteiger partial charge < -0.3 is 5.73 Å². The molecule has 1 aromatic rings. The molecule has 114 valence electrons. The average Bonchev–Trinajstić information content (AvgIpc) is 2.84. The molecule has 0 aliphatic heterocycles. The van der Waals surface area contributed by atoms with Crippen molar-refractivity contribution >= 4 is 0 Å². The smallest absolute Gasteiger partial charge is 0.0534 e. The minimum atomic E-state index is 0.170. The zero-order valence-corrected chi connectivity index (χ0v) is 13.5. The molecule has 2 N–H and O–H groups in total. The number of nitrogens with zero attached hydrogens (tertiary/aromatic N) is 3. The van der Waals surface area contributed by atoms with Crippen molar-refractivity contribution in [1.82, 2.24) is 14.7 Å². The largest absolute Gasteiger partial charge is 0.329 e. The second-order valence-electron chi connectivity index (χ2n) is 6.91. The van der Waals surface area contributed by atoms with Crippen molar-refractivity contribution in [2.75, 3.05) is 13.6 Å². The van der Waals surface area contributed by atoms with Crippen LogP contribution in [0.25, 0.3) is 0 Å². The Morgan fingerprint density at radius 1 is 1.55 bits per heavy atom. The summed E-state index contributed by atoms with van der Waals surface area (Å²) in [6, 6.07) is 0. The minimum Gasteiger partial charge on any atom is -0.329 e. The summed E-state index contributed by atoms with van der Waals surface area (Å²) in [5.41, 5.74) is 7.64. The van der Waals surface area contributed by atoms with Gasteiger partial charge in [0.05, 0.1) is 6.20 Å². The van der Waals surface area contributed by atoms with Crippen molar-refractivity contribution in [2.45, 2.75) is 51.6 Å². The van der Waals surface area contributed by atoms with Crippen LogP contribution in [0.2, 0.25) is 0 Å². The quantitative estimate of drug-likeness (QED) is 0.899. The van der Waals surface area contributed by atoms with E-state index < -0.39 is 0 Å². The van der Waals surface area contributed by atoms with Crippen molar-refractivity contribution in [2.24, 2.45) is 24.6 Å². The zero-order chi connectivity index (χ0) is 14.8. The molecule has 1 fully saturated rings. The molecule has 0 radical (unpaired) electrons. The summed E-state index contributed by atoms with van der Waals surface area (Å²) in [6.07, 6.45) is 9.19. The molecule has 1 heterocycles. The van der Waals surface area contributed by atoms with Crippen molar-refractivity contribution < 1.29 is 0 Å². The van der Waals surface area contributed by atoms with Crippen LogP contribution in [-0.2, 0) is 13.6 Å². The van der Waals surface area contributed by atoms with Crippen LogP contribution in [0.4, 0.5) is 0 Å². The van der Waals surface area contributed by atoms with E-state index in [1.54, 1.807) is 0 Å². The van der Waals surface area contributed by atoms with Crippen LogP contribution in [-0.4, -0.2) is 33.8 Å². The van der Waals surface area contributed by atoms with E-state index in [1.165, 1.54) is 31.2 Å². The van der Waals surface area contributed by atoms with Crippen LogP contribution in [0.5, 0.6) is 0 Å². The van der Waals surface area contributed by atoms with Crippen LogP contribution in [0.3, 0.4) is 0 Å². The fourth-order valence-corrected chi connectivity index (χ4v) is 3.64. The van der Waals surface area contributed by atoms with Gasteiger partial charge in [-0.25, -0.2) is 0 Å².